The molecule has 0 saturated carbocycles. The number of nitro benzene ring substituents is 1. The summed E-state index contributed by atoms with van der Waals surface area (Å²) in [4.78, 5) is 10.8. The minimum Gasteiger partial charge on any atom is -0.326 e. The van der Waals surface area contributed by atoms with Crippen molar-refractivity contribution in [1.82, 2.24) is 4.72 Å². The third-order valence-corrected chi connectivity index (χ3v) is 5.72. The first kappa shape index (κ1) is 15.6. The zero-order valence-corrected chi connectivity index (χ0v) is 12.5. The predicted molar refractivity (Wildman–Crippen MR) is 79.3 cm³/mol. The second kappa shape index (κ2) is 6.31. The van der Waals surface area contributed by atoms with Crippen LogP contribution in [0.5, 0.6) is 0 Å². The van der Waals surface area contributed by atoms with Gasteiger partial charge >= 0.3 is 0 Å². The van der Waals surface area contributed by atoms with Gasteiger partial charge in [-0.15, -0.1) is 11.3 Å². The highest BCUT2D eigenvalue weighted by Crippen LogP contribution is 2.21. The number of hydrogen-bond donors (Lipinski definition) is 2. The van der Waals surface area contributed by atoms with Crippen molar-refractivity contribution in [2.24, 2.45) is 5.73 Å². The van der Waals surface area contributed by atoms with Crippen molar-refractivity contribution in [1.29, 1.82) is 0 Å². The van der Waals surface area contributed by atoms with Crippen LogP contribution in [0.25, 0.3) is 0 Å². The summed E-state index contributed by atoms with van der Waals surface area (Å²) < 4.78 is 26.8. The van der Waals surface area contributed by atoms with Gasteiger partial charge in [0.15, 0.2) is 0 Å². The molecule has 0 saturated heterocycles. The van der Waals surface area contributed by atoms with Gasteiger partial charge in [-0.2, -0.15) is 0 Å². The molecule has 0 radical (unpaired) electrons. The van der Waals surface area contributed by atoms with Gasteiger partial charge < -0.3 is 5.73 Å². The van der Waals surface area contributed by atoms with Gasteiger partial charge in [0.05, 0.1) is 4.92 Å². The van der Waals surface area contributed by atoms with Gasteiger partial charge in [-0.3, -0.25) is 10.1 Å². The molecule has 3 N–H and O–H groups in total. The summed E-state index contributed by atoms with van der Waals surface area (Å²) in [5.74, 6) is 0. The van der Waals surface area contributed by atoms with Crippen LogP contribution in [0.1, 0.15) is 10.4 Å². The van der Waals surface area contributed by atoms with E-state index in [1.165, 1.54) is 30.3 Å². The molecule has 0 amide bonds. The van der Waals surface area contributed by atoms with E-state index in [1.807, 2.05) is 0 Å². The molecule has 0 atom stereocenters. The molecule has 0 aliphatic rings. The van der Waals surface area contributed by atoms with E-state index in [4.69, 9.17) is 5.73 Å². The maximum atomic E-state index is 12.1. The Morgan fingerprint density at radius 3 is 2.38 bits per heavy atom. The van der Waals surface area contributed by atoms with Gasteiger partial charge in [0.2, 0.25) is 10.0 Å². The zero-order valence-electron chi connectivity index (χ0n) is 10.9. The van der Waals surface area contributed by atoms with Crippen LogP contribution in [0.4, 0.5) is 5.69 Å². The lowest BCUT2D eigenvalue weighted by Crippen LogP contribution is -2.22. The standard InChI is InChI=1S/C12H13N3O4S2/c13-7-11-5-6-12(20-11)21(18,19)14-8-9-1-3-10(4-2-9)15(16)17/h1-6,14H,7-8,13H2. The highest BCUT2D eigenvalue weighted by atomic mass is 32.2. The molecule has 0 aliphatic heterocycles. The maximum Gasteiger partial charge on any atom is 0.269 e. The molecule has 9 heteroatoms. The lowest BCUT2D eigenvalue weighted by molar-refractivity contribution is -0.384. The number of thiophene rings is 1. The first-order chi connectivity index (χ1) is 9.92. The Balaban J connectivity index is 2.06. The SMILES string of the molecule is NCc1ccc(S(=O)(=O)NCc2ccc([N+](=O)[O-])cc2)s1. The summed E-state index contributed by atoms with van der Waals surface area (Å²) in [6, 6.07) is 8.87. The summed E-state index contributed by atoms with van der Waals surface area (Å²) in [5, 5.41) is 10.5. The Bertz CT molecular complexity index is 738. The van der Waals surface area contributed by atoms with E-state index in [-0.39, 0.29) is 16.4 Å². The van der Waals surface area contributed by atoms with Gasteiger partial charge in [0.25, 0.3) is 5.69 Å². The Labute approximate surface area is 125 Å². The van der Waals surface area contributed by atoms with E-state index in [1.54, 1.807) is 6.07 Å². The summed E-state index contributed by atoms with van der Waals surface area (Å²) in [5.41, 5.74) is 6.05. The first-order valence-corrected chi connectivity index (χ1v) is 8.24. The minimum absolute atomic E-state index is 0.0348. The molecule has 0 aliphatic carbocycles. The molecule has 0 bridgehead atoms. The average Bonchev–Trinajstić information content (AvgIpc) is 2.95. The molecular formula is C12H13N3O4S2. The Kier molecular flexibility index (Phi) is 4.68. The maximum absolute atomic E-state index is 12.1. The lowest BCUT2D eigenvalue weighted by atomic mass is 10.2. The number of nitrogens with one attached hydrogen (secondary N) is 1. The van der Waals surface area contributed by atoms with Crippen molar-refractivity contribution < 1.29 is 13.3 Å². The van der Waals surface area contributed by atoms with E-state index in [2.05, 4.69) is 4.72 Å². The normalized spacial score (nSPS) is 11.5. The number of hydrogen-bond acceptors (Lipinski definition) is 6. The molecule has 112 valence electrons. The average molecular weight is 327 g/mol. The molecule has 0 fully saturated rings. The van der Waals surface area contributed by atoms with Crippen molar-refractivity contribution in [2.45, 2.75) is 17.3 Å². The van der Waals surface area contributed by atoms with Crippen LogP contribution in [0.2, 0.25) is 0 Å². The van der Waals surface area contributed by atoms with Crippen LogP contribution < -0.4 is 10.5 Å². The first-order valence-electron chi connectivity index (χ1n) is 5.94. The van der Waals surface area contributed by atoms with Crippen molar-refractivity contribution in [2.75, 3.05) is 0 Å². The van der Waals surface area contributed by atoms with Crippen LogP contribution in [-0.4, -0.2) is 13.3 Å². The molecule has 7 nitrogen and oxygen atoms in total. The van der Waals surface area contributed by atoms with Crippen LogP contribution in [0.15, 0.2) is 40.6 Å². The predicted octanol–water partition coefficient (Wildman–Crippen LogP) is 1.59. The van der Waals surface area contributed by atoms with Crippen LogP contribution in [0.3, 0.4) is 0 Å². The van der Waals surface area contributed by atoms with E-state index < -0.39 is 14.9 Å². The fraction of sp³-hybridized carbons (Fsp3) is 0.167. The lowest BCUT2D eigenvalue weighted by Gasteiger charge is -2.04. The largest absolute Gasteiger partial charge is 0.326 e. The highest BCUT2D eigenvalue weighted by molar-refractivity contribution is 7.91. The van der Waals surface area contributed by atoms with E-state index in [0.29, 0.717) is 12.1 Å². The number of nitro groups is 1. The third-order valence-electron chi connectivity index (χ3n) is 2.72. The molecule has 2 rings (SSSR count). The fourth-order valence-electron chi connectivity index (χ4n) is 1.60. The summed E-state index contributed by atoms with van der Waals surface area (Å²) in [6.07, 6.45) is 0. The van der Waals surface area contributed by atoms with E-state index in [9.17, 15) is 18.5 Å². The summed E-state index contributed by atoms with van der Waals surface area (Å²) in [6.45, 7) is 0.360. The number of rotatable bonds is 6. The Hall–Kier alpha value is -1.81. The smallest absolute Gasteiger partial charge is 0.269 e. The fourth-order valence-corrected chi connectivity index (χ4v) is 3.89. The van der Waals surface area contributed by atoms with E-state index >= 15 is 0 Å². The number of benzene rings is 1. The second-order valence-electron chi connectivity index (χ2n) is 4.17. The second-order valence-corrected chi connectivity index (χ2v) is 7.34. The third kappa shape index (κ3) is 3.85. The molecule has 2 aromatic rings. The topological polar surface area (TPSA) is 115 Å². The number of sulfonamides is 1. The summed E-state index contributed by atoms with van der Waals surface area (Å²) in [7, 11) is -3.60. The van der Waals surface area contributed by atoms with Crippen molar-refractivity contribution in [3.63, 3.8) is 0 Å². The van der Waals surface area contributed by atoms with Crippen LogP contribution in [0, 0.1) is 10.1 Å². The van der Waals surface area contributed by atoms with Crippen molar-refractivity contribution >= 4 is 27.0 Å². The molecule has 21 heavy (non-hydrogen) atoms. The molecule has 0 spiro atoms. The van der Waals surface area contributed by atoms with Crippen LogP contribution >= 0.6 is 11.3 Å². The Morgan fingerprint density at radius 1 is 1.19 bits per heavy atom. The highest BCUT2D eigenvalue weighted by Gasteiger charge is 2.16. The Morgan fingerprint density at radius 2 is 1.86 bits per heavy atom. The van der Waals surface area contributed by atoms with Gasteiger partial charge in [-0.1, -0.05) is 12.1 Å². The molecule has 1 aromatic carbocycles. The number of nitrogens with two attached hydrogens (primary N) is 1. The van der Waals surface area contributed by atoms with Gasteiger partial charge in [0.1, 0.15) is 4.21 Å². The van der Waals surface area contributed by atoms with Gasteiger partial charge in [0, 0.05) is 30.1 Å². The van der Waals surface area contributed by atoms with Crippen molar-refractivity contribution in [3.05, 3.63) is 57.0 Å². The molecule has 0 unspecified atom stereocenters. The summed E-state index contributed by atoms with van der Waals surface area (Å²) >= 11 is 1.12. The molecule has 1 heterocycles. The zero-order chi connectivity index (χ0) is 15.5. The minimum atomic E-state index is -3.60. The molecular weight excluding hydrogens is 314 g/mol. The van der Waals surface area contributed by atoms with Gasteiger partial charge in [-0.25, -0.2) is 13.1 Å². The number of nitrogens with zero attached hydrogens (tertiary/aromatic N) is 1. The molecule has 1 aromatic heterocycles. The number of non-ortho nitro benzene ring substituents is 1. The quantitative estimate of drug-likeness (QED) is 0.617. The monoisotopic (exact) mass is 327 g/mol. The van der Waals surface area contributed by atoms with Crippen LogP contribution in [-0.2, 0) is 23.1 Å². The van der Waals surface area contributed by atoms with Gasteiger partial charge in [-0.05, 0) is 17.7 Å². The van der Waals surface area contributed by atoms with E-state index in [0.717, 1.165) is 16.2 Å². The van der Waals surface area contributed by atoms with Crippen molar-refractivity contribution in [3.8, 4) is 0 Å².